The highest BCUT2D eigenvalue weighted by molar-refractivity contribution is 9.10. The minimum Gasteiger partial charge on any atom is -0.407 e. The summed E-state index contributed by atoms with van der Waals surface area (Å²) < 4.78 is 6.38. The smallest absolute Gasteiger partial charge is 0.320 e. The van der Waals surface area contributed by atoms with Crippen LogP contribution in [-0.2, 0) is 5.88 Å². The first-order valence-electron chi connectivity index (χ1n) is 5.60. The van der Waals surface area contributed by atoms with Crippen molar-refractivity contribution in [3.8, 4) is 0 Å². The van der Waals surface area contributed by atoms with Gasteiger partial charge >= 0.3 is 6.01 Å². The molecule has 0 radical (unpaired) electrons. The van der Waals surface area contributed by atoms with Gasteiger partial charge in [-0.2, -0.15) is 0 Å². The first kappa shape index (κ1) is 12.4. The van der Waals surface area contributed by atoms with Crippen LogP contribution in [0.3, 0.4) is 0 Å². The largest absolute Gasteiger partial charge is 0.407 e. The highest BCUT2D eigenvalue weighted by atomic mass is 79.9. The van der Waals surface area contributed by atoms with E-state index in [1.54, 1.807) is 0 Å². The van der Waals surface area contributed by atoms with Gasteiger partial charge in [0.15, 0.2) is 0 Å². The Morgan fingerprint density at radius 3 is 2.63 bits per heavy atom. The van der Waals surface area contributed by atoms with E-state index in [2.05, 4.69) is 31.4 Å². The van der Waals surface area contributed by atoms with Crippen molar-refractivity contribution in [2.75, 3.05) is 5.32 Å². The van der Waals surface area contributed by atoms with Crippen molar-refractivity contribution in [2.45, 2.75) is 5.88 Å². The molecule has 0 saturated carbocycles. The second kappa shape index (κ2) is 5.19. The zero-order valence-corrected chi connectivity index (χ0v) is 12.1. The van der Waals surface area contributed by atoms with Crippen molar-refractivity contribution in [3.63, 3.8) is 0 Å². The molecule has 0 aliphatic heterocycles. The Morgan fingerprint density at radius 1 is 1.11 bits per heavy atom. The quantitative estimate of drug-likeness (QED) is 0.716. The van der Waals surface area contributed by atoms with Gasteiger partial charge in [0.25, 0.3) is 0 Å². The van der Waals surface area contributed by atoms with E-state index in [0.717, 1.165) is 20.9 Å². The summed E-state index contributed by atoms with van der Waals surface area (Å²) in [4.78, 5) is 0. The van der Waals surface area contributed by atoms with Crippen LogP contribution in [0.5, 0.6) is 0 Å². The number of fused-ring (bicyclic) bond motifs is 1. The predicted molar refractivity (Wildman–Crippen MR) is 78.8 cm³/mol. The fourth-order valence-electron chi connectivity index (χ4n) is 1.84. The van der Waals surface area contributed by atoms with Crippen LogP contribution in [-0.4, -0.2) is 10.2 Å². The summed E-state index contributed by atoms with van der Waals surface area (Å²) in [6, 6.07) is 12.3. The van der Waals surface area contributed by atoms with E-state index >= 15 is 0 Å². The number of nitrogens with zero attached hydrogens (tertiary/aromatic N) is 2. The molecule has 1 heterocycles. The summed E-state index contributed by atoms with van der Waals surface area (Å²) in [5.74, 6) is 0.598. The van der Waals surface area contributed by atoms with Gasteiger partial charge < -0.3 is 9.73 Å². The normalized spacial score (nSPS) is 10.8. The first-order chi connectivity index (χ1) is 9.28. The van der Waals surface area contributed by atoms with E-state index in [0.29, 0.717) is 11.9 Å². The van der Waals surface area contributed by atoms with Gasteiger partial charge in [-0.25, -0.2) is 0 Å². The SMILES string of the molecule is ClCc1nnc(Nc2ccc(Br)c3ccccc23)o1. The molecule has 0 spiro atoms. The number of alkyl halides is 1. The number of halogens is 2. The van der Waals surface area contributed by atoms with E-state index in [-0.39, 0.29) is 5.88 Å². The number of benzene rings is 2. The van der Waals surface area contributed by atoms with E-state index in [9.17, 15) is 0 Å². The van der Waals surface area contributed by atoms with E-state index in [4.69, 9.17) is 16.0 Å². The monoisotopic (exact) mass is 337 g/mol. The lowest BCUT2D eigenvalue weighted by molar-refractivity contribution is 0.530. The fraction of sp³-hybridized carbons (Fsp3) is 0.0769. The Balaban J connectivity index is 2.03. The van der Waals surface area contributed by atoms with Crippen molar-refractivity contribution in [3.05, 3.63) is 46.8 Å². The number of nitrogens with one attached hydrogen (secondary N) is 1. The second-order valence-electron chi connectivity index (χ2n) is 3.90. The van der Waals surface area contributed by atoms with Crippen LogP contribution in [0.2, 0.25) is 0 Å². The Hall–Kier alpha value is -1.59. The summed E-state index contributed by atoms with van der Waals surface area (Å²) in [7, 11) is 0. The molecule has 3 rings (SSSR count). The maximum Gasteiger partial charge on any atom is 0.320 e. The topological polar surface area (TPSA) is 51.0 Å². The molecule has 0 saturated heterocycles. The molecule has 0 bridgehead atoms. The lowest BCUT2D eigenvalue weighted by Gasteiger charge is -2.07. The van der Waals surface area contributed by atoms with Gasteiger partial charge in [-0.3, -0.25) is 0 Å². The maximum atomic E-state index is 5.63. The highest BCUT2D eigenvalue weighted by Crippen LogP contribution is 2.31. The highest BCUT2D eigenvalue weighted by Gasteiger charge is 2.08. The van der Waals surface area contributed by atoms with Crippen LogP contribution in [0.1, 0.15) is 5.89 Å². The van der Waals surface area contributed by atoms with E-state index in [1.165, 1.54) is 0 Å². The average molecular weight is 339 g/mol. The maximum absolute atomic E-state index is 5.63. The zero-order valence-electron chi connectivity index (χ0n) is 9.73. The average Bonchev–Trinajstić information content (AvgIpc) is 2.90. The molecule has 1 aromatic heterocycles. The second-order valence-corrected chi connectivity index (χ2v) is 5.02. The van der Waals surface area contributed by atoms with Gasteiger partial charge in [0.05, 0.1) is 5.69 Å². The van der Waals surface area contributed by atoms with Gasteiger partial charge in [0.1, 0.15) is 5.88 Å². The molecule has 0 unspecified atom stereocenters. The molecule has 0 aliphatic carbocycles. The van der Waals surface area contributed by atoms with Gasteiger partial charge in [-0.15, -0.1) is 16.7 Å². The molecule has 19 heavy (non-hydrogen) atoms. The molecule has 4 nitrogen and oxygen atoms in total. The minimum atomic E-state index is 0.204. The summed E-state index contributed by atoms with van der Waals surface area (Å²) >= 11 is 9.16. The van der Waals surface area contributed by atoms with Crippen molar-refractivity contribution >= 4 is 50.0 Å². The first-order valence-corrected chi connectivity index (χ1v) is 6.93. The molecule has 2 aromatic carbocycles. The summed E-state index contributed by atoms with van der Waals surface area (Å²) in [5, 5.41) is 13.0. The zero-order chi connectivity index (χ0) is 13.2. The van der Waals surface area contributed by atoms with E-state index < -0.39 is 0 Å². The Morgan fingerprint density at radius 2 is 1.89 bits per heavy atom. The third kappa shape index (κ3) is 2.43. The summed E-state index contributed by atoms with van der Waals surface area (Å²) in [6.07, 6.45) is 0. The minimum absolute atomic E-state index is 0.204. The molecule has 0 amide bonds. The molecule has 6 heteroatoms. The molecule has 1 N–H and O–H groups in total. The summed E-state index contributed by atoms with van der Waals surface area (Å²) in [6.45, 7) is 0. The van der Waals surface area contributed by atoms with Crippen molar-refractivity contribution in [2.24, 2.45) is 0 Å². The molecular formula is C13H9BrClN3O. The van der Waals surface area contributed by atoms with Crippen LogP contribution in [0, 0.1) is 0 Å². The lowest BCUT2D eigenvalue weighted by atomic mass is 10.1. The van der Waals surface area contributed by atoms with Crippen LogP contribution in [0.4, 0.5) is 11.7 Å². The Kier molecular flexibility index (Phi) is 3.40. The number of hydrogen-bond donors (Lipinski definition) is 1. The standard InChI is InChI=1S/C13H9BrClN3O/c14-10-5-6-11(9-4-2-1-3-8(9)10)16-13-18-17-12(7-15)19-13/h1-6H,7H2,(H,16,18). The van der Waals surface area contributed by atoms with Crippen LogP contribution in [0.25, 0.3) is 10.8 Å². The molecule has 0 aliphatic rings. The fourth-order valence-corrected chi connectivity index (χ4v) is 2.43. The Labute approximate surface area is 122 Å². The van der Waals surface area contributed by atoms with Crippen LogP contribution >= 0.6 is 27.5 Å². The van der Waals surface area contributed by atoms with Gasteiger partial charge in [-0.1, -0.05) is 45.3 Å². The molecule has 3 aromatic rings. The number of aromatic nitrogens is 2. The number of hydrogen-bond acceptors (Lipinski definition) is 4. The molecule has 96 valence electrons. The summed E-state index contributed by atoms with van der Waals surface area (Å²) in [5.41, 5.74) is 0.906. The van der Waals surface area contributed by atoms with E-state index in [1.807, 2.05) is 36.4 Å². The predicted octanol–water partition coefficient (Wildman–Crippen LogP) is 4.47. The third-order valence-corrected chi connectivity index (χ3v) is 3.61. The van der Waals surface area contributed by atoms with Crippen LogP contribution < -0.4 is 5.32 Å². The van der Waals surface area contributed by atoms with Crippen molar-refractivity contribution < 1.29 is 4.42 Å². The van der Waals surface area contributed by atoms with Crippen LogP contribution in [0.15, 0.2) is 45.3 Å². The third-order valence-electron chi connectivity index (χ3n) is 2.69. The molecule has 0 fully saturated rings. The molecule has 0 atom stereocenters. The van der Waals surface area contributed by atoms with Gasteiger partial charge in [0, 0.05) is 9.86 Å². The van der Waals surface area contributed by atoms with Gasteiger partial charge in [-0.05, 0) is 17.5 Å². The number of rotatable bonds is 3. The Bertz CT molecular complexity index is 729. The lowest BCUT2D eigenvalue weighted by Crippen LogP contribution is -1.92. The van der Waals surface area contributed by atoms with Crippen molar-refractivity contribution in [1.82, 2.24) is 10.2 Å². The van der Waals surface area contributed by atoms with Gasteiger partial charge in [0.2, 0.25) is 5.89 Å². The number of anilines is 2. The molecular weight excluding hydrogens is 330 g/mol. The van der Waals surface area contributed by atoms with Crippen molar-refractivity contribution in [1.29, 1.82) is 0 Å².